The van der Waals surface area contributed by atoms with Gasteiger partial charge in [0.2, 0.25) is 0 Å². The standard InChI is InChI=1S/C32H26F2N2O3/c1-35-31(38)28-26-18-21(7-14-27(26)39-29(28)19-5-10-24(33)11-6-19)20-3-2-4-22(17-20)30(37)36-32(15-16-32)23-8-12-25(34)13-9-23/h2-12,14,17-18,25H,13,15-16H2,1H3,(H,35,38)(H,36,37). The molecule has 3 aromatic carbocycles. The summed E-state index contributed by atoms with van der Waals surface area (Å²) in [6, 6.07) is 18.6. The Kier molecular flexibility index (Phi) is 6.14. The lowest BCUT2D eigenvalue weighted by Gasteiger charge is -2.22. The van der Waals surface area contributed by atoms with Gasteiger partial charge >= 0.3 is 0 Å². The fourth-order valence-corrected chi connectivity index (χ4v) is 5.12. The van der Waals surface area contributed by atoms with Gasteiger partial charge in [0.05, 0.1) is 11.1 Å². The Balaban J connectivity index is 1.33. The van der Waals surface area contributed by atoms with Crippen molar-refractivity contribution in [2.75, 3.05) is 7.05 Å². The molecule has 6 rings (SSSR count). The summed E-state index contributed by atoms with van der Waals surface area (Å²) in [7, 11) is 1.54. The van der Waals surface area contributed by atoms with E-state index in [4.69, 9.17) is 4.42 Å². The molecule has 1 atom stereocenters. The summed E-state index contributed by atoms with van der Waals surface area (Å²) in [6.07, 6.45) is 6.20. The van der Waals surface area contributed by atoms with Gasteiger partial charge < -0.3 is 15.1 Å². The van der Waals surface area contributed by atoms with E-state index in [0.29, 0.717) is 39.8 Å². The van der Waals surface area contributed by atoms with Crippen LogP contribution in [0.5, 0.6) is 0 Å². The lowest BCUT2D eigenvalue weighted by Crippen LogP contribution is -2.38. The van der Waals surface area contributed by atoms with E-state index in [1.165, 1.54) is 12.1 Å². The highest BCUT2D eigenvalue weighted by Gasteiger charge is 2.47. The van der Waals surface area contributed by atoms with Crippen molar-refractivity contribution in [3.05, 3.63) is 107 Å². The van der Waals surface area contributed by atoms with Gasteiger partial charge in [0.1, 0.15) is 23.3 Å². The molecule has 2 amide bonds. The lowest BCUT2D eigenvalue weighted by molar-refractivity contribution is 0.0936. The Morgan fingerprint density at radius 3 is 2.38 bits per heavy atom. The Morgan fingerprint density at radius 2 is 1.69 bits per heavy atom. The van der Waals surface area contributed by atoms with Gasteiger partial charge in [0, 0.05) is 30.0 Å². The number of rotatable bonds is 6. The van der Waals surface area contributed by atoms with Crippen molar-refractivity contribution in [2.45, 2.75) is 31.0 Å². The van der Waals surface area contributed by atoms with E-state index in [0.717, 1.165) is 29.5 Å². The van der Waals surface area contributed by atoms with E-state index in [-0.39, 0.29) is 17.6 Å². The van der Waals surface area contributed by atoms with Gasteiger partial charge in [-0.15, -0.1) is 0 Å². The highest BCUT2D eigenvalue weighted by atomic mass is 19.1. The third kappa shape index (κ3) is 4.65. The van der Waals surface area contributed by atoms with Gasteiger partial charge in [-0.1, -0.05) is 36.4 Å². The van der Waals surface area contributed by atoms with Gasteiger partial charge in [-0.2, -0.15) is 0 Å². The molecule has 1 fully saturated rings. The number of fused-ring (bicyclic) bond motifs is 1. The first-order valence-corrected chi connectivity index (χ1v) is 12.9. The molecular formula is C32H26F2N2O3. The van der Waals surface area contributed by atoms with E-state index in [9.17, 15) is 18.4 Å². The molecule has 1 heterocycles. The maximum atomic E-state index is 13.5. The van der Waals surface area contributed by atoms with Crippen molar-refractivity contribution in [3.8, 4) is 22.5 Å². The first kappa shape index (κ1) is 24.8. The second-order valence-electron chi connectivity index (χ2n) is 9.99. The molecule has 2 aliphatic carbocycles. The van der Waals surface area contributed by atoms with Crippen molar-refractivity contribution in [1.29, 1.82) is 0 Å². The van der Waals surface area contributed by atoms with Gasteiger partial charge in [-0.25, -0.2) is 8.78 Å². The van der Waals surface area contributed by atoms with Crippen molar-refractivity contribution < 1.29 is 22.8 Å². The SMILES string of the molecule is CNC(=O)c1c(-c2ccc(F)cc2)oc2ccc(-c3cccc(C(=O)NC4(C5=CCC(F)C=C5)CC4)c3)cc12. The molecule has 1 unspecified atom stereocenters. The number of carbonyl (C=O) groups is 2. The fourth-order valence-electron chi connectivity index (χ4n) is 5.12. The van der Waals surface area contributed by atoms with Crippen LogP contribution in [0.3, 0.4) is 0 Å². The van der Waals surface area contributed by atoms with E-state index >= 15 is 0 Å². The number of benzene rings is 3. The summed E-state index contributed by atoms with van der Waals surface area (Å²) < 4.78 is 33.1. The maximum Gasteiger partial charge on any atom is 0.255 e. The van der Waals surface area contributed by atoms with E-state index in [1.807, 2.05) is 36.4 Å². The molecule has 0 aliphatic heterocycles. The molecule has 4 aromatic rings. The number of hydrogen-bond acceptors (Lipinski definition) is 3. The van der Waals surface area contributed by atoms with Crippen LogP contribution in [0.25, 0.3) is 33.4 Å². The normalized spacial score (nSPS) is 17.5. The molecule has 5 nitrogen and oxygen atoms in total. The highest BCUT2D eigenvalue weighted by Crippen LogP contribution is 2.44. The largest absolute Gasteiger partial charge is 0.455 e. The number of hydrogen-bond donors (Lipinski definition) is 2. The minimum Gasteiger partial charge on any atom is -0.455 e. The van der Waals surface area contributed by atoms with Crippen LogP contribution in [0.15, 0.2) is 94.9 Å². The van der Waals surface area contributed by atoms with Crippen molar-refractivity contribution in [3.63, 3.8) is 0 Å². The smallest absolute Gasteiger partial charge is 0.255 e. The van der Waals surface area contributed by atoms with E-state index < -0.39 is 11.7 Å². The fraction of sp³-hybridized carbons (Fsp3) is 0.188. The number of amides is 2. The number of allylic oxidation sites excluding steroid dienone is 2. The molecule has 0 bridgehead atoms. The molecule has 39 heavy (non-hydrogen) atoms. The van der Waals surface area contributed by atoms with Crippen LogP contribution >= 0.6 is 0 Å². The van der Waals surface area contributed by atoms with E-state index in [1.54, 1.807) is 43.5 Å². The molecular weight excluding hydrogens is 498 g/mol. The van der Waals surface area contributed by atoms with Crippen molar-refractivity contribution >= 4 is 22.8 Å². The average Bonchev–Trinajstić information content (AvgIpc) is 3.64. The summed E-state index contributed by atoms with van der Waals surface area (Å²) in [5, 5.41) is 6.43. The predicted molar refractivity (Wildman–Crippen MR) is 147 cm³/mol. The van der Waals surface area contributed by atoms with Gasteiger partial charge in [-0.3, -0.25) is 9.59 Å². The number of nitrogens with one attached hydrogen (secondary N) is 2. The number of halogens is 2. The first-order chi connectivity index (χ1) is 18.9. The zero-order valence-electron chi connectivity index (χ0n) is 21.3. The quantitative estimate of drug-likeness (QED) is 0.293. The molecule has 196 valence electrons. The maximum absolute atomic E-state index is 13.5. The molecule has 7 heteroatoms. The molecule has 0 spiro atoms. The zero-order chi connectivity index (χ0) is 27.1. The Morgan fingerprint density at radius 1 is 0.949 bits per heavy atom. The predicted octanol–water partition coefficient (Wildman–Crippen LogP) is 6.75. The van der Waals surface area contributed by atoms with Crippen LogP contribution in [-0.4, -0.2) is 30.6 Å². The monoisotopic (exact) mass is 524 g/mol. The van der Waals surface area contributed by atoms with Crippen LogP contribution in [0.2, 0.25) is 0 Å². The van der Waals surface area contributed by atoms with Crippen LogP contribution in [-0.2, 0) is 0 Å². The number of furan rings is 1. The molecule has 2 N–H and O–H groups in total. The van der Waals surface area contributed by atoms with E-state index in [2.05, 4.69) is 10.6 Å². The minimum atomic E-state index is -0.972. The Hall–Kier alpha value is -4.52. The Labute approximate surface area is 224 Å². The number of carbonyl (C=O) groups excluding carboxylic acids is 2. The summed E-state index contributed by atoms with van der Waals surface area (Å²) in [5.74, 6) is -0.539. The second kappa shape index (κ2) is 9.66. The van der Waals surface area contributed by atoms with Crippen LogP contribution in [0, 0.1) is 5.82 Å². The van der Waals surface area contributed by atoms with Crippen LogP contribution in [0.1, 0.15) is 40.0 Å². The molecule has 1 saturated carbocycles. The third-order valence-corrected chi connectivity index (χ3v) is 7.41. The zero-order valence-corrected chi connectivity index (χ0v) is 21.3. The second-order valence-corrected chi connectivity index (χ2v) is 9.99. The molecule has 0 saturated heterocycles. The topological polar surface area (TPSA) is 71.3 Å². The lowest BCUT2D eigenvalue weighted by atomic mass is 9.96. The van der Waals surface area contributed by atoms with Crippen LogP contribution in [0.4, 0.5) is 8.78 Å². The van der Waals surface area contributed by atoms with Crippen molar-refractivity contribution in [1.82, 2.24) is 10.6 Å². The van der Waals surface area contributed by atoms with Crippen molar-refractivity contribution in [2.24, 2.45) is 0 Å². The molecule has 2 aliphatic rings. The van der Waals surface area contributed by atoms with Crippen LogP contribution < -0.4 is 10.6 Å². The summed E-state index contributed by atoms with van der Waals surface area (Å²) in [4.78, 5) is 26.1. The van der Waals surface area contributed by atoms with Gasteiger partial charge in [0.25, 0.3) is 11.8 Å². The Bertz CT molecular complexity index is 1660. The van der Waals surface area contributed by atoms with Gasteiger partial charge in [-0.05, 0) is 78.1 Å². The average molecular weight is 525 g/mol. The first-order valence-electron chi connectivity index (χ1n) is 12.9. The third-order valence-electron chi connectivity index (χ3n) is 7.41. The molecule has 1 aromatic heterocycles. The molecule has 0 radical (unpaired) electrons. The minimum absolute atomic E-state index is 0.194. The van der Waals surface area contributed by atoms with Gasteiger partial charge in [0.15, 0.2) is 0 Å². The summed E-state index contributed by atoms with van der Waals surface area (Å²) >= 11 is 0. The number of alkyl halides is 1. The highest BCUT2D eigenvalue weighted by molar-refractivity contribution is 6.12. The summed E-state index contributed by atoms with van der Waals surface area (Å²) in [5.41, 5.74) is 4.11. The summed E-state index contributed by atoms with van der Waals surface area (Å²) in [6.45, 7) is 0.